The van der Waals surface area contributed by atoms with Crippen LogP contribution in [0.3, 0.4) is 0 Å². The summed E-state index contributed by atoms with van der Waals surface area (Å²) in [6.45, 7) is 4.55. The maximum atomic E-state index is 13.0. The topological polar surface area (TPSA) is 12.0 Å². The number of benzene rings is 1. The zero-order valence-corrected chi connectivity index (χ0v) is 12.6. The summed E-state index contributed by atoms with van der Waals surface area (Å²) < 4.78 is 13.0. The van der Waals surface area contributed by atoms with E-state index in [0.29, 0.717) is 12.1 Å². The molecule has 3 rings (SSSR count). The van der Waals surface area contributed by atoms with Crippen LogP contribution in [0.2, 0.25) is 0 Å². The molecule has 5 unspecified atom stereocenters. The standard InChI is InChI=1S/C18H26FN/c1-3-18(14-6-8-16(19)9-7-14)20-12(2)17-11-13-4-5-15(17)10-13/h6-9,12-13,15,17-18,20H,3-5,10-11H2,1-2H3. The van der Waals surface area contributed by atoms with Crippen LogP contribution in [0.5, 0.6) is 0 Å². The first kappa shape index (κ1) is 14.1. The monoisotopic (exact) mass is 275 g/mol. The summed E-state index contributed by atoms with van der Waals surface area (Å²) in [7, 11) is 0. The zero-order chi connectivity index (χ0) is 14.1. The summed E-state index contributed by atoms with van der Waals surface area (Å²) in [4.78, 5) is 0. The Morgan fingerprint density at radius 3 is 2.50 bits per heavy atom. The third kappa shape index (κ3) is 2.76. The fraction of sp³-hybridized carbons (Fsp3) is 0.667. The van der Waals surface area contributed by atoms with Gasteiger partial charge in [-0.05, 0) is 68.1 Å². The molecule has 0 radical (unpaired) electrons. The SMILES string of the molecule is CCC(NC(C)C1CC2CCC1C2)c1ccc(F)cc1. The molecule has 5 atom stereocenters. The van der Waals surface area contributed by atoms with Crippen molar-refractivity contribution in [1.82, 2.24) is 5.32 Å². The smallest absolute Gasteiger partial charge is 0.123 e. The van der Waals surface area contributed by atoms with Gasteiger partial charge in [0.05, 0.1) is 0 Å². The molecule has 2 aliphatic carbocycles. The Labute approximate surface area is 122 Å². The van der Waals surface area contributed by atoms with Crippen LogP contribution < -0.4 is 5.32 Å². The highest BCUT2D eigenvalue weighted by atomic mass is 19.1. The Morgan fingerprint density at radius 2 is 1.95 bits per heavy atom. The molecule has 0 aromatic heterocycles. The van der Waals surface area contributed by atoms with E-state index in [-0.39, 0.29) is 5.82 Å². The van der Waals surface area contributed by atoms with Crippen molar-refractivity contribution in [2.75, 3.05) is 0 Å². The van der Waals surface area contributed by atoms with E-state index < -0.39 is 0 Å². The fourth-order valence-electron chi connectivity index (χ4n) is 4.49. The molecule has 1 aromatic carbocycles. The molecule has 2 bridgehead atoms. The number of fused-ring (bicyclic) bond motifs is 2. The number of hydrogen-bond donors (Lipinski definition) is 1. The molecule has 2 aliphatic rings. The molecular formula is C18H26FN. The summed E-state index contributed by atoms with van der Waals surface area (Å²) in [5, 5.41) is 3.81. The predicted molar refractivity (Wildman–Crippen MR) is 81.0 cm³/mol. The van der Waals surface area contributed by atoms with Gasteiger partial charge in [-0.1, -0.05) is 25.5 Å². The average Bonchev–Trinajstić information content (AvgIpc) is 3.08. The van der Waals surface area contributed by atoms with Crippen LogP contribution in [0.4, 0.5) is 4.39 Å². The lowest BCUT2D eigenvalue weighted by atomic mass is 9.83. The molecule has 0 heterocycles. The lowest BCUT2D eigenvalue weighted by molar-refractivity contribution is 0.243. The van der Waals surface area contributed by atoms with Gasteiger partial charge in [-0.3, -0.25) is 0 Å². The molecule has 110 valence electrons. The predicted octanol–water partition coefficient (Wildman–Crippen LogP) is 4.69. The number of halogens is 1. The Hall–Kier alpha value is -0.890. The van der Waals surface area contributed by atoms with Crippen LogP contribution in [0, 0.1) is 23.6 Å². The first-order valence-electron chi connectivity index (χ1n) is 8.19. The lowest BCUT2D eigenvalue weighted by Gasteiger charge is -2.32. The molecule has 1 N–H and O–H groups in total. The maximum Gasteiger partial charge on any atom is 0.123 e. The van der Waals surface area contributed by atoms with Gasteiger partial charge in [0.1, 0.15) is 5.82 Å². The molecular weight excluding hydrogens is 249 g/mol. The minimum Gasteiger partial charge on any atom is -0.307 e. The Bertz CT molecular complexity index is 441. The number of rotatable bonds is 5. The second-order valence-electron chi connectivity index (χ2n) is 6.81. The second kappa shape index (κ2) is 5.85. The van der Waals surface area contributed by atoms with Gasteiger partial charge < -0.3 is 5.32 Å². The summed E-state index contributed by atoms with van der Waals surface area (Å²) in [5.41, 5.74) is 1.21. The van der Waals surface area contributed by atoms with Crippen molar-refractivity contribution in [2.24, 2.45) is 17.8 Å². The third-order valence-corrected chi connectivity index (χ3v) is 5.58. The van der Waals surface area contributed by atoms with Crippen molar-refractivity contribution in [2.45, 2.75) is 58.0 Å². The van der Waals surface area contributed by atoms with E-state index >= 15 is 0 Å². The molecule has 2 heteroatoms. The Kier molecular flexibility index (Phi) is 4.11. The van der Waals surface area contributed by atoms with Crippen molar-refractivity contribution in [3.8, 4) is 0 Å². The van der Waals surface area contributed by atoms with E-state index in [4.69, 9.17) is 0 Å². The van der Waals surface area contributed by atoms with Crippen LogP contribution in [0.25, 0.3) is 0 Å². The molecule has 0 amide bonds. The van der Waals surface area contributed by atoms with E-state index in [1.54, 1.807) is 12.1 Å². The normalized spacial score (nSPS) is 31.4. The largest absolute Gasteiger partial charge is 0.307 e. The first-order chi connectivity index (χ1) is 9.67. The van der Waals surface area contributed by atoms with Crippen molar-refractivity contribution < 1.29 is 4.39 Å². The molecule has 0 saturated heterocycles. The van der Waals surface area contributed by atoms with Gasteiger partial charge >= 0.3 is 0 Å². The van der Waals surface area contributed by atoms with E-state index in [1.165, 1.54) is 31.2 Å². The fourth-order valence-corrected chi connectivity index (χ4v) is 4.49. The van der Waals surface area contributed by atoms with E-state index in [2.05, 4.69) is 19.2 Å². The third-order valence-electron chi connectivity index (χ3n) is 5.58. The minimum atomic E-state index is -0.148. The van der Waals surface area contributed by atoms with Gasteiger partial charge in [0.25, 0.3) is 0 Å². The minimum absolute atomic E-state index is 0.148. The van der Waals surface area contributed by atoms with Crippen LogP contribution in [0.15, 0.2) is 24.3 Å². The molecule has 0 aliphatic heterocycles. The van der Waals surface area contributed by atoms with Crippen LogP contribution in [0.1, 0.15) is 57.6 Å². The molecule has 2 saturated carbocycles. The van der Waals surface area contributed by atoms with Crippen molar-refractivity contribution in [3.63, 3.8) is 0 Å². The molecule has 20 heavy (non-hydrogen) atoms. The number of hydrogen-bond acceptors (Lipinski definition) is 1. The van der Waals surface area contributed by atoms with E-state index in [0.717, 1.165) is 24.2 Å². The van der Waals surface area contributed by atoms with Crippen molar-refractivity contribution in [1.29, 1.82) is 0 Å². The van der Waals surface area contributed by atoms with Gasteiger partial charge in [-0.25, -0.2) is 4.39 Å². The zero-order valence-electron chi connectivity index (χ0n) is 12.6. The average molecular weight is 275 g/mol. The Morgan fingerprint density at radius 1 is 1.20 bits per heavy atom. The number of nitrogens with one attached hydrogen (secondary N) is 1. The second-order valence-corrected chi connectivity index (χ2v) is 6.81. The Balaban J connectivity index is 1.64. The quantitative estimate of drug-likeness (QED) is 0.822. The van der Waals surface area contributed by atoms with Gasteiger partial charge in [-0.15, -0.1) is 0 Å². The van der Waals surface area contributed by atoms with E-state index in [1.807, 2.05) is 12.1 Å². The summed E-state index contributed by atoms with van der Waals surface area (Å²) in [6, 6.07) is 7.91. The molecule has 0 spiro atoms. The lowest BCUT2D eigenvalue weighted by Crippen LogP contribution is -2.38. The summed E-state index contributed by atoms with van der Waals surface area (Å²) >= 11 is 0. The molecule has 1 nitrogen and oxygen atoms in total. The van der Waals surface area contributed by atoms with Crippen LogP contribution in [-0.2, 0) is 0 Å². The summed E-state index contributed by atoms with van der Waals surface area (Å²) in [6.07, 6.45) is 6.83. The molecule has 2 fully saturated rings. The highest BCUT2D eigenvalue weighted by molar-refractivity contribution is 5.20. The van der Waals surface area contributed by atoms with Crippen molar-refractivity contribution >= 4 is 0 Å². The van der Waals surface area contributed by atoms with Gasteiger partial charge in [0.2, 0.25) is 0 Å². The maximum absolute atomic E-state index is 13.0. The highest BCUT2D eigenvalue weighted by Crippen LogP contribution is 2.49. The highest BCUT2D eigenvalue weighted by Gasteiger charge is 2.41. The van der Waals surface area contributed by atoms with Gasteiger partial charge in [0, 0.05) is 12.1 Å². The van der Waals surface area contributed by atoms with E-state index in [9.17, 15) is 4.39 Å². The van der Waals surface area contributed by atoms with Crippen molar-refractivity contribution in [3.05, 3.63) is 35.6 Å². The first-order valence-corrected chi connectivity index (χ1v) is 8.19. The van der Waals surface area contributed by atoms with Crippen LogP contribution in [-0.4, -0.2) is 6.04 Å². The molecule has 1 aromatic rings. The van der Waals surface area contributed by atoms with Gasteiger partial charge in [0.15, 0.2) is 0 Å². The van der Waals surface area contributed by atoms with Crippen LogP contribution >= 0.6 is 0 Å². The summed E-state index contributed by atoms with van der Waals surface area (Å²) in [5.74, 6) is 2.65. The van der Waals surface area contributed by atoms with Gasteiger partial charge in [-0.2, -0.15) is 0 Å².